The molecule has 3 nitrogen and oxygen atoms in total. The summed E-state index contributed by atoms with van der Waals surface area (Å²) in [5.74, 6) is 1.30. The summed E-state index contributed by atoms with van der Waals surface area (Å²) in [6, 6.07) is 6.63. The lowest BCUT2D eigenvalue weighted by molar-refractivity contribution is 0.624. The van der Waals surface area contributed by atoms with Crippen molar-refractivity contribution in [2.75, 3.05) is 0 Å². The van der Waals surface area contributed by atoms with Crippen molar-refractivity contribution in [3.05, 3.63) is 52.9 Å². The van der Waals surface area contributed by atoms with E-state index < -0.39 is 0 Å². The number of rotatable bonds is 4. The molecule has 0 fully saturated rings. The summed E-state index contributed by atoms with van der Waals surface area (Å²) in [6.45, 7) is 3.81. The van der Waals surface area contributed by atoms with Crippen molar-refractivity contribution in [3.63, 3.8) is 0 Å². The number of fused-ring (bicyclic) bond motifs is 1. The Hall–Kier alpha value is -1.46. The maximum atomic E-state index is 13.1. The van der Waals surface area contributed by atoms with Crippen LogP contribution in [0.2, 0.25) is 0 Å². The van der Waals surface area contributed by atoms with E-state index in [0.29, 0.717) is 5.75 Å². The van der Waals surface area contributed by atoms with E-state index >= 15 is 0 Å². The lowest BCUT2D eigenvalue weighted by Crippen LogP contribution is -2.04. The van der Waals surface area contributed by atoms with Crippen LogP contribution < -0.4 is 5.32 Å². The molecule has 0 saturated carbocycles. The lowest BCUT2D eigenvalue weighted by Gasteiger charge is -2.08. The number of nitrogens with one attached hydrogen (secondary N) is 1. The molecule has 3 rings (SSSR count). The van der Waals surface area contributed by atoms with Crippen molar-refractivity contribution in [1.82, 2.24) is 15.3 Å². The fourth-order valence-corrected chi connectivity index (χ4v) is 3.15. The molecule has 104 valence electrons. The molecule has 20 heavy (non-hydrogen) atoms. The van der Waals surface area contributed by atoms with Gasteiger partial charge in [0.1, 0.15) is 11.6 Å². The number of halogens is 1. The van der Waals surface area contributed by atoms with Crippen molar-refractivity contribution in [1.29, 1.82) is 0 Å². The number of thioether (sulfide) groups is 1. The molecule has 1 N–H and O–H groups in total. The second-order valence-corrected chi connectivity index (χ2v) is 5.76. The number of aryl methyl sites for hydroxylation is 1. The Balaban J connectivity index is 1.78. The molecule has 1 aliphatic rings. The van der Waals surface area contributed by atoms with E-state index in [1.54, 1.807) is 23.9 Å². The van der Waals surface area contributed by atoms with Crippen LogP contribution in [-0.4, -0.2) is 9.97 Å². The molecule has 2 heterocycles. The van der Waals surface area contributed by atoms with Crippen LogP contribution in [0.25, 0.3) is 0 Å². The quantitative estimate of drug-likeness (QED) is 0.878. The van der Waals surface area contributed by atoms with Crippen LogP contribution in [0.5, 0.6) is 0 Å². The first-order valence-corrected chi connectivity index (χ1v) is 7.71. The standard InChI is InChI=1S/C15H16FN3S/c1-2-13-12-7-17-8-14(12)19-15(18-13)9-20-11-5-3-4-10(16)6-11/h3-6,17H,2,7-9H2,1H3. The zero-order valence-corrected chi connectivity index (χ0v) is 12.1. The third-order valence-electron chi connectivity index (χ3n) is 3.32. The fraction of sp³-hybridized carbons (Fsp3) is 0.333. The van der Waals surface area contributed by atoms with Crippen molar-refractivity contribution >= 4 is 11.8 Å². The maximum absolute atomic E-state index is 13.1. The Kier molecular flexibility index (Phi) is 3.98. The summed E-state index contributed by atoms with van der Waals surface area (Å²) in [6.07, 6.45) is 0.921. The summed E-state index contributed by atoms with van der Waals surface area (Å²) in [7, 11) is 0. The van der Waals surface area contributed by atoms with Gasteiger partial charge in [-0.3, -0.25) is 0 Å². The molecule has 1 aromatic heterocycles. The van der Waals surface area contributed by atoms with Gasteiger partial charge in [-0.1, -0.05) is 13.0 Å². The van der Waals surface area contributed by atoms with Gasteiger partial charge in [-0.2, -0.15) is 0 Å². The smallest absolute Gasteiger partial charge is 0.139 e. The monoisotopic (exact) mass is 289 g/mol. The highest BCUT2D eigenvalue weighted by atomic mass is 32.2. The van der Waals surface area contributed by atoms with Crippen molar-refractivity contribution in [2.24, 2.45) is 0 Å². The van der Waals surface area contributed by atoms with Gasteiger partial charge < -0.3 is 5.32 Å². The van der Waals surface area contributed by atoms with Gasteiger partial charge in [0, 0.05) is 29.2 Å². The average molecular weight is 289 g/mol. The molecular weight excluding hydrogens is 273 g/mol. The molecule has 1 aromatic carbocycles. The van der Waals surface area contributed by atoms with Crippen LogP contribution in [-0.2, 0) is 25.3 Å². The van der Waals surface area contributed by atoms with Crippen molar-refractivity contribution in [2.45, 2.75) is 37.1 Å². The molecule has 0 atom stereocenters. The van der Waals surface area contributed by atoms with Crippen LogP contribution in [0.3, 0.4) is 0 Å². The second kappa shape index (κ2) is 5.89. The number of aromatic nitrogens is 2. The van der Waals surface area contributed by atoms with E-state index in [9.17, 15) is 4.39 Å². The zero-order valence-electron chi connectivity index (χ0n) is 11.3. The molecule has 0 bridgehead atoms. The van der Waals surface area contributed by atoms with Gasteiger partial charge in [0.05, 0.1) is 11.4 Å². The van der Waals surface area contributed by atoms with Crippen LogP contribution in [0.4, 0.5) is 4.39 Å². The Bertz CT molecular complexity index is 631. The Labute approximate surface area is 122 Å². The average Bonchev–Trinajstić information content (AvgIpc) is 2.92. The summed E-state index contributed by atoms with van der Waals surface area (Å²) in [5, 5.41) is 3.31. The molecular formula is C15H16FN3S. The van der Waals surface area contributed by atoms with Gasteiger partial charge in [-0.25, -0.2) is 14.4 Å². The minimum absolute atomic E-state index is 0.205. The second-order valence-electron chi connectivity index (χ2n) is 4.71. The molecule has 0 amide bonds. The third-order valence-corrected chi connectivity index (χ3v) is 4.31. The minimum atomic E-state index is -0.205. The molecule has 0 aliphatic carbocycles. The lowest BCUT2D eigenvalue weighted by atomic mass is 10.1. The molecule has 1 aliphatic heterocycles. The van der Waals surface area contributed by atoms with Gasteiger partial charge in [-0.15, -0.1) is 11.8 Å². The zero-order chi connectivity index (χ0) is 13.9. The highest BCUT2D eigenvalue weighted by Gasteiger charge is 2.17. The number of nitrogens with zero attached hydrogens (tertiary/aromatic N) is 2. The van der Waals surface area contributed by atoms with Crippen molar-refractivity contribution in [3.8, 4) is 0 Å². The summed E-state index contributed by atoms with van der Waals surface area (Å²) < 4.78 is 13.1. The molecule has 2 aromatic rings. The SMILES string of the molecule is CCc1nc(CSc2cccc(F)c2)nc2c1CNC2. The Morgan fingerprint density at radius 2 is 2.20 bits per heavy atom. The third kappa shape index (κ3) is 2.83. The number of hydrogen-bond acceptors (Lipinski definition) is 4. The first kappa shape index (κ1) is 13.5. The largest absolute Gasteiger partial charge is 0.307 e. The molecule has 5 heteroatoms. The Morgan fingerprint density at radius 1 is 1.30 bits per heavy atom. The van der Waals surface area contributed by atoms with Crippen LogP contribution in [0, 0.1) is 5.82 Å². The van der Waals surface area contributed by atoms with Crippen LogP contribution in [0.1, 0.15) is 29.7 Å². The molecule has 0 saturated heterocycles. The normalized spacial score (nSPS) is 13.5. The maximum Gasteiger partial charge on any atom is 0.139 e. The summed E-state index contributed by atoms with van der Waals surface area (Å²) in [4.78, 5) is 10.2. The van der Waals surface area contributed by atoms with Crippen LogP contribution in [0.15, 0.2) is 29.2 Å². The minimum Gasteiger partial charge on any atom is -0.307 e. The summed E-state index contributed by atoms with van der Waals surface area (Å²) >= 11 is 1.57. The van der Waals surface area contributed by atoms with Gasteiger partial charge in [0.25, 0.3) is 0 Å². The van der Waals surface area contributed by atoms with Gasteiger partial charge in [0.2, 0.25) is 0 Å². The van der Waals surface area contributed by atoms with Crippen molar-refractivity contribution < 1.29 is 4.39 Å². The Morgan fingerprint density at radius 3 is 3.00 bits per heavy atom. The van der Waals surface area contributed by atoms with Crippen LogP contribution >= 0.6 is 11.8 Å². The number of benzene rings is 1. The molecule has 0 unspecified atom stereocenters. The highest BCUT2D eigenvalue weighted by Crippen LogP contribution is 2.24. The number of hydrogen-bond donors (Lipinski definition) is 1. The molecule has 0 radical (unpaired) electrons. The fourth-order valence-electron chi connectivity index (χ4n) is 2.36. The summed E-state index contributed by atoms with van der Waals surface area (Å²) in [5.41, 5.74) is 3.51. The van der Waals surface area contributed by atoms with E-state index in [-0.39, 0.29) is 5.82 Å². The van der Waals surface area contributed by atoms with E-state index in [1.165, 1.54) is 11.6 Å². The predicted molar refractivity (Wildman–Crippen MR) is 77.9 cm³/mol. The molecule has 0 spiro atoms. The predicted octanol–water partition coefficient (Wildman–Crippen LogP) is 3.07. The highest BCUT2D eigenvalue weighted by molar-refractivity contribution is 7.98. The van der Waals surface area contributed by atoms with Gasteiger partial charge in [0.15, 0.2) is 0 Å². The van der Waals surface area contributed by atoms with Gasteiger partial charge in [-0.05, 0) is 24.6 Å². The van der Waals surface area contributed by atoms with Gasteiger partial charge >= 0.3 is 0 Å². The van der Waals surface area contributed by atoms with E-state index in [2.05, 4.69) is 22.2 Å². The first-order valence-electron chi connectivity index (χ1n) is 6.73. The van der Waals surface area contributed by atoms with E-state index in [4.69, 9.17) is 0 Å². The first-order chi connectivity index (χ1) is 9.76. The van der Waals surface area contributed by atoms with E-state index in [1.807, 2.05) is 6.07 Å². The van der Waals surface area contributed by atoms with E-state index in [0.717, 1.165) is 41.6 Å². The topological polar surface area (TPSA) is 37.8 Å².